The summed E-state index contributed by atoms with van der Waals surface area (Å²) in [7, 11) is 1.47. The fourth-order valence-corrected chi connectivity index (χ4v) is 2.31. The van der Waals surface area contributed by atoms with E-state index in [9.17, 15) is 10.1 Å². The molecule has 0 amide bonds. The summed E-state index contributed by atoms with van der Waals surface area (Å²) < 4.78 is 10.6. The van der Waals surface area contributed by atoms with Crippen molar-refractivity contribution in [2.24, 2.45) is 11.3 Å². The summed E-state index contributed by atoms with van der Waals surface area (Å²) in [6.45, 7) is 6.68. The molecule has 1 unspecified atom stereocenters. The van der Waals surface area contributed by atoms with E-state index in [4.69, 9.17) is 9.47 Å². The van der Waals surface area contributed by atoms with E-state index in [0.29, 0.717) is 18.1 Å². The third-order valence-electron chi connectivity index (χ3n) is 3.25. The minimum Gasteiger partial charge on any atom is -0.496 e. The van der Waals surface area contributed by atoms with Crippen molar-refractivity contribution in [2.75, 3.05) is 19.5 Å². The van der Waals surface area contributed by atoms with Crippen molar-refractivity contribution in [3.05, 3.63) is 28.3 Å². The Kier molecular flexibility index (Phi) is 5.68. The lowest BCUT2D eigenvalue weighted by Crippen LogP contribution is -2.28. The second kappa shape index (κ2) is 6.83. The predicted molar refractivity (Wildman–Crippen MR) is 81.9 cm³/mol. The summed E-state index contributed by atoms with van der Waals surface area (Å²) in [6, 6.07) is 4.58. The van der Waals surface area contributed by atoms with Crippen LogP contribution in [0.3, 0.4) is 0 Å². The lowest BCUT2D eigenvalue weighted by atomic mass is 9.82. The molecule has 5 nitrogen and oxygen atoms in total. The van der Waals surface area contributed by atoms with E-state index in [2.05, 4.69) is 33.4 Å². The monoisotopic (exact) mass is 299 g/mol. The van der Waals surface area contributed by atoms with Crippen LogP contribution in [0.2, 0.25) is 0 Å². The van der Waals surface area contributed by atoms with Crippen LogP contribution in [0.5, 0.6) is 11.5 Å². The smallest absolute Gasteiger partial charge is 0.314 e. The molecule has 0 N–H and O–H groups in total. The van der Waals surface area contributed by atoms with Gasteiger partial charge < -0.3 is 9.47 Å². The molecule has 0 spiro atoms. The number of benzene rings is 1. The Labute approximate surface area is 124 Å². The molecule has 0 aliphatic carbocycles. The molecule has 0 radical (unpaired) electrons. The molecule has 1 aromatic carbocycles. The van der Waals surface area contributed by atoms with Gasteiger partial charge in [0.25, 0.3) is 0 Å². The maximum absolute atomic E-state index is 11.1. The van der Waals surface area contributed by atoms with Crippen LogP contribution in [-0.4, -0.2) is 24.4 Å². The maximum atomic E-state index is 11.1. The summed E-state index contributed by atoms with van der Waals surface area (Å²) >= 11 is 4.32. The Hall–Kier alpha value is -1.43. The number of ether oxygens (including phenoxy) is 2. The van der Waals surface area contributed by atoms with Gasteiger partial charge in [-0.15, -0.1) is 0 Å². The number of thiol groups is 1. The molecule has 0 aliphatic heterocycles. The highest BCUT2D eigenvalue weighted by molar-refractivity contribution is 7.80. The van der Waals surface area contributed by atoms with Crippen LogP contribution in [0.15, 0.2) is 18.2 Å². The average Bonchev–Trinajstić information content (AvgIpc) is 2.37. The molecule has 0 aliphatic rings. The molecule has 0 aromatic heterocycles. The van der Waals surface area contributed by atoms with Crippen molar-refractivity contribution < 1.29 is 14.4 Å². The fraction of sp³-hybridized carbons (Fsp3) is 0.571. The lowest BCUT2D eigenvalue weighted by Gasteiger charge is -2.29. The Morgan fingerprint density at radius 2 is 2.05 bits per heavy atom. The topological polar surface area (TPSA) is 61.6 Å². The van der Waals surface area contributed by atoms with Gasteiger partial charge in [-0.1, -0.05) is 20.8 Å². The van der Waals surface area contributed by atoms with Crippen LogP contribution in [-0.2, 0) is 0 Å². The van der Waals surface area contributed by atoms with Crippen LogP contribution >= 0.6 is 12.6 Å². The number of rotatable bonds is 6. The Bertz CT molecular complexity index is 471. The molecule has 6 heteroatoms. The fourth-order valence-electron chi connectivity index (χ4n) is 1.66. The number of methoxy groups -OCH3 is 1. The van der Waals surface area contributed by atoms with Gasteiger partial charge >= 0.3 is 5.69 Å². The second-order valence-electron chi connectivity index (χ2n) is 5.65. The molecular weight excluding hydrogens is 278 g/mol. The normalized spacial score (nSPS) is 12.8. The summed E-state index contributed by atoms with van der Waals surface area (Å²) in [6.07, 6.45) is 0. The van der Waals surface area contributed by atoms with Crippen LogP contribution < -0.4 is 9.47 Å². The molecule has 112 valence electrons. The van der Waals surface area contributed by atoms with Crippen molar-refractivity contribution in [2.45, 2.75) is 20.8 Å². The molecular formula is C14H21NO4S. The van der Waals surface area contributed by atoms with Crippen molar-refractivity contribution in [1.82, 2.24) is 0 Å². The molecule has 1 aromatic rings. The molecule has 0 heterocycles. The molecule has 0 fully saturated rings. The largest absolute Gasteiger partial charge is 0.496 e. The van der Waals surface area contributed by atoms with Crippen LogP contribution in [0.4, 0.5) is 5.69 Å². The number of nitro groups is 1. The van der Waals surface area contributed by atoms with Gasteiger partial charge in [0.2, 0.25) is 0 Å². The third kappa shape index (κ3) is 4.30. The van der Waals surface area contributed by atoms with Crippen molar-refractivity contribution >= 4 is 18.3 Å². The highest BCUT2D eigenvalue weighted by atomic mass is 32.1. The average molecular weight is 299 g/mol. The van der Waals surface area contributed by atoms with E-state index in [-0.39, 0.29) is 22.8 Å². The van der Waals surface area contributed by atoms with E-state index >= 15 is 0 Å². The Morgan fingerprint density at radius 1 is 1.40 bits per heavy atom. The number of hydrogen-bond donors (Lipinski definition) is 1. The van der Waals surface area contributed by atoms with E-state index in [1.165, 1.54) is 13.2 Å². The van der Waals surface area contributed by atoms with Gasteiger partial charge in [-0.05, 0) is 23.3 Å². The molecule has 0 saturated heterocycles. The van der Waals surface area contributed by atoms with Crippen molar-refractivity contribution in [3.8, 4) is 11.5 Å². The van der Waals surface area contributed by atoms with Crippen LogP contribution in [0.25, 0.3) is 0 Å². The number of hydrogen-bond acceptors (Lipinski definition) is 5. The predicted octanol–water partition coefficient (Wildman–Crippen LogP) is 3.57. The Balaban J connectivity index is 2.89. The molecule has 1 rings (SSSR count). The zero-order chi connectivity index (χ0) is 15.3. The van der Waals surface area contributed by atoms with Crippen LogP contribution in [0.1, 0.15) is 20.8 Å². The van der Waals surface area contributed by atoms with Gasteiger partial charge in [0.1, 0.15) is 5.75 Å². The summed E-state index contributed by atoms with van der Waals surface area (Å²) in [5.74, 6) is 1.55. The first kappa shape index (κ1) is 16.6. The zero-order valence-corrected chi connectivity index (χ0v) is 13.1. The van der Waals surface area contributed by atoms with Gasteiger partial charge in [0, 0.05) is 5.92 Å². The molecule has 0 saturated carbocycles. The van der Waals surface area contributed by atoms with Crippen molar-refractivity contribution in [3.63, 3.8) is 0 Å². The quantitative estimate of drug-likeness (QED) is 0.495. The van der Waals surface area contributed by atoms with E-state index < -0.39 is 4.92 Å². The van der Waals surface area contributed by atoms with Crippen LogP contribution in [0, 0.1) is 21.4 Å². The Morgan fingerprint density at radius 3 is 2.50 bits per heavy atom. The summed E-state index contributed by atoms with van der Waals surface area (Å²) in [5, 5.41) is 11.1. The first-order valence-corrected chi connectivity index (χ1v) is 6.99. The summed E-state index contributed by atoms with van der Waals surface area (Å²) in [4.78, 5) is 10.6. The second-order valence-corrected chi connectivity index (χ2v) is 6.01. The highest BCUT2D eigenvalue weighted by Gasteiger charge is 2.25. The summed E-state index contributed by atoms with van der Waals surface area (Å²) in [5.41, 5.74) is -0.0561. The number of nitrogens with zero attached hydrogens (tertiary/aromatic N) is 1. The van der Waals surface area contributed by atoms with E-state index in [1.54, 1.807) is 12.1 Å². The van der Waals surface area contributed by atoms with Crippen molar-refractivity contribution in [1.29, 1.82) is 0 Å². The lowest BCUT2D eigenvalue weighted by molar-refractivity contribution is -0.386. The van der Waals surface area contributed by atoms with Gasteiger partial charge in [0.15, 0.2) is 5.75 Å². The first-order valence-electron chi connectivity index (χ1n) is 6.35. The standard InChI is InChI=1S/C14H21NO4S/c1-14(2,3)10(9-20)8-19-13-6-5-11(18-4)7-12(13)15(16)17/h5-7,10,20H,8-9H2,1-4H3. The third-order valence-corrected chi connectivity index (χ3v) is 3.69. The van der Waals surface area contributed by atoms with E-state index in [1.807, 2.05) is 0 Å². The molecule has 0 bridgehead atoms. The first-order chi connectivity index (χ1) is 9.29. The maximum Gasteiger partial charge on any atom is 0.314 e. The number of nitro benzene ring substituents is 1. The van der Waals surface area contributed by atoms with Gasteiger partial charge in [-0.3, -0.25) is 10.1 Å². The SMILES string of the molecule is COc1ccc(OCC(CS)C(C)(C)C)c([N+](=O)[O-])c1. The minimum atomic E-state index is -0.468. The zero-order valence-electron chi connectivity index (χ0n) is 12.3. The van der Waals surface area contributed by atoms with Gasteiger partial charge in [-0.2, -0.15) is 12.6 Å². The molecule has 1 atom stereocenters. The highest BCUT2D eigenvalue weighted by Crippen LogP contribution is 2.33. The van der Waals surface area contributed by atoms with Gasteiger partial charge in [0.05, 0.1) is 24.7 Å². The minimum absolute atomic E-state index is 0.0308. The van der Waals surface area contributed by atoms with E-state index in [0.717, 1.165) is 0 Å². The van der Waals surface area contributed by atoms with Gasteiger partial charge in [-0.25, -0.2) is 0 Å². The molecule has 20 heavy (non-hydrogen) atoms.